The highest BCUT2D eigenvalue weighted by Gasteiger charge is 2.19. The lowest BCUT2D eigenvalue weighted by atomic mass is 9.94. The van der Waals surface area contributed by atoms with E-state index in [4.69, 9.17) is 10.2 Å². The summed E-state index contributed by atoms with van der Waals surface area (Å²) < 4.78 is 33.9. The van der Waals surface area contributed by atoms with Gasteiger partial charge in [0.15, 0.2) is 5.82 Å². The summed E-state index contributed by atoms with van der Waals surface area (Å²) in [5, 5.41) is 8.69. The van der Waals surface area contributed by atoms with Gasteiger partial charge in [-0.25, -0.2) is 18.6 Å². The number of primary amides is 1. The van der Waals surface area contributed by atoms with Gasteiger partial charge in [-0.15, -0.1) is 0 Å². The Labute approximate surface area is 159 Å². The molecule has 146 valence electrons. The lowest BCUT2D eigenvalue weighted by molar-refractivity contribution is 0.259. The van der Waals surface area contributed by atoms with Crippen LogP contribution in [0.5, 0.6) is 0 Å². The van der Waals surface area contributed by atoms with Gasteiger partial charge in [-0.3, -0.25) is 5.10 Å². The van der Waals surface area contributed by atoms with Gasteiger partial charge < -0.3 is 15.5 Å². The van der Waals surface area contributed by atoms with Gasteiger partial charge in [-0.1, -0.05) is 20.8 Å². The largest absolute Gasteiger partial charge is 0.441 e. The molecule has 0 spiro atoms. The van der Waals surface area contributed by atoms with Crippen LogP contribution in [0.2, 0.25) is 0 Å². The van der Waals surface area contributed by atoms with E-state index in [1.165, 1.54) is 6.07 Å². The van der Waals surface area contributed by atoms with Gasteiger partial charge in [0, 0.05) is 17.1 Å². The predicted octanol–water partition coefficient (Wildman–Crippen LogP) is 4.30. The Morgan fingerprint density at radius 3 is 2.68 bits per heavy atom. The molecule has 0 aliphatic heterocycles. The number of carbonyl (C=O) groups is 1. The molecule has 0 unspecified atom stereocenters. The van der Waals surface area contributed by atoms with Gasteiger partial charge >= 0.3 is 6.03 Å². The van der Waals surface area contributed by atoms with Crippen LogP contribution in [0.1, 0.15) is 38.1 Å². The van der Waals surface area contributed by atoms with E-state index in [0.29, 0.717) is 11.6 Å². The first-order chi connectivity index (χ1) is 13.1. The number of nitrogens with one attached hydrogen (secondary N) is 2. The monoisotopic (exact) mass is 387 g/mol. The first kappa shape index (κ1) is 19.3. The number of hydrogen-bond donors (Lipinski definition) is 3. The summed E-state index contributed by atoms with van der Waals surface area (Å²) in [6, 6.07) is 2.74. The quantitative estimate of drug-likeness (QED) is 0.620. The third kappa shape index (κ3) is 4.08. The highest BCUT2D eigenvalue weighted by molar-refractivity contribution is 5.89. The first-order valence-corrected chi connectivity index (χ1v) is 8.40. The van der Waals surface area contributed by atoms with Crippen molar-refractivity contribution in [3.8, 4) is 11.3 Å². The van der Waals surface area contributed by atoms with Crippen molar-refractivity contribution in [2.75, 3.05) is 5.32 Å². The number of H-pyrrole nitrogens is 1. The third-order valence-electron chi connectivity index (χ3n) is 3.88. The van der Waals surface area contributed by atoms with Crippen LogP contribution in [0.15, 0.2) is 28.8 Å². The van der Waals surface area contributed by atoms with Gasteiger partial charge in [0.1, 0.15) is 17.3 Å². The molecule has 0 saturated heterocycles. The Kier molecular flexibility index (Phi) is 5.00. The van der Waals surface area contributed by atoms with Crippen LogP contribution in [0.25, 0.3) is 23.4 Å². The summed E-state index contributed by atoms with van der Waals surface area (Å²) in [6.07, 6.45) is 4.98. The van der Waals surface area contributed by atoms with Crippen LogP contribution in [0.3, 0.4) is 0 Å². The number of oxazole rings is 1. The fourth-order valence-corrected chi connectivity index (χ4v) is 2.42. The zero-order valence-corrected chi connectivity index (χ0v) is 15.5. The number of urea groups is 1. The second-order valence-corrected chi connectivity index (χ2v) is 7.13. The topological polar surface area (TPSA) is 110 Å². The number of hydrogen-bond acceptors (Lipinski definition) is 4. The molecule has 28 heavy (non-hydrogen) atoms. The molecule has 2 amide bonds. The molecule has 3 aromatic rings. The molecule has 2 aromatic heterocycles. The van der Waals surface area contributed by atoms with Crippen LogP contribution in [0, 0.1) is 11.6 Å². The molecular weight excluding hydrogens is 368 g/mol. The smallest absolute Gasteiger partial charge is 0.316 e. The number of anilines is 1. The van der Waals surface area contributed by atoms with Crippen molar-refractivity contribution in [2.24, 2.45) is 5.73 Å². The molecule has 4 N–H and O–H groups in total. The van der Waals surface area contributed by atoms with Gasteiger partial charge in [0.25, 0.3) is 0 Å². The molecule has 0 bridgehead atoms. The van der Waals surface area contributed by atoms with Crippen LogP contribution >= 0.6 is 0 Å². The zero-order chi connectivity index (χ0) is 20.5. The molecule has 0 aliphatic carbocycles. The second-order valence-electron chi connectivity index (χ2n) is 7.13. The first-order valence-electron chi connectivity index (χ1n) is 8.40. The number of aromatic nitrogens is 3. The third-order valence-corrected chi connectivity index (χ3v) is 3.88. The van der Waals surface area contributed by atoms with Gasteiger partial charge in [0.2, 0.25) is 5.89 Å². The van der Waals surface area contributed by atoms with E-state index in [0.717, 1.165) is 11.8 Å². The minimum Gasteiger partial charge on any atom is -0.441 e. The molecule has 7 nitrogen and oxygen atoms in total. The minimum absolute atomic E-state index is 0.00666. The van der Waals surface area contributed by atoms with Crippen molar-refractivity contribution in [1.29, 1.82) is 0 Å². The Hall–Kier alpha value is -3.49. The molecule has 0 saturated carbocycles. The average Bonchev–Trinajstić information content (AvgIpc) is 3.25. The highest BCUT2D eigenvalue weighted by atomic mass is 19.1. The summed E-state index contributed by atoms with van der Waals surface area (Å²) in [4.78, 5) is 15.1. The fraction of sp³-hybridized carbons (Fsp3) is 0.211. The number of carbonyl (C=O) groups excluding carboxylic acids is 1. The Morgan fingerprint density at radius 2 is 2.04 bits per heavy atom. The molecular formula is C19H19F2N5O2. The molecule has 2 heterocycles. The molecule has 3 rings (SSSR count). The van der Waals surface area contributed by atoms with E-state index >= 15 is 0 Å². The summed E-state index contributed by atoms with van der Waals surface area (Å²) in [7, 11) is 0. The van der Waals surface area contributed by atoms with Crippen molar-refractivity contribution in [3.05, 3.63) is 53.4 Å². The molecule has 0 fully saturated rings. The standard InChI is InChI=1S/C19H19F2N5O2/c1-19(2,3)14-9-23-15(28-14)7-4-10-8-13(26-25-10)11-5-6-12(20)17(16(11)21)24-18(22)27/h4-9H,1-3H3,(H,25,26)(H3,22,24,27)/b7-4-. The molecule has 9 heteroatoms. The van der Waals surface area contributed by atoms with Crippen LogP contribution in [-0.4, -0.2) is 21.2 Å². The van der Waals surface area contributed by atoms with E-state index in [1.54, 1.807) is 24.4 Å². The Morgan fingerprint density at radius 1 is 1.29 bits per heavy atom. The number of nitrogens with zero attached hydrogens (tertiary/aromatic N) is 2. The number of amides is 2. The maximum Gasteiger partial charge on any atom is 0.316 e. The number of nitrogens with two attached hydrogens (primary N) is 1. The predicted molar refractivity (Wildman–Crippen MR) is 101 cm³/mol. The van der Waals surface area contributed by atoms with Crippen molar-refractivity contribution >= 4 is 23.9 Å². The molecule has 0 aliphatic rings. The summed E-state index contributed by atoms with van der Waals surface area (Å²) in [5.74, 6) is -0.736. The zero-order valence-electron chi connectivity index (χ0n) is 15.5. The van der Waals surface area contributed by atoms with E-state index in [1.807, 2.05) is 26.1 Å². The summed E-state index contributed by atoms with van der Waals surface area (Å²) in [6.45, 7) is 6.04. The number of aromatic amines is 1. The number of rotatable bonds is 4. The fourth-order valence-electron chi connectivity index (χ4n) is 2.42. The normalized spacial score (nSPS) is 11.9. The Balaban J connectivity index is 1.85. The number of halogens is 2. The maximum atomic E-state index is 14.5. The second kappa shape index (κ2) is 7.26. The van der Waals surface area contributed by atoms with Crippen molar-refractivity contribution in [1.82, 2.24) is 15.2 Å². The molecule has 0 radical (unpaired) electrons. The van der Waals surface area contributed by atoms with E-state index in [-0.39, 0.29) is 16.7 Å². The van der Waals surface area contributed by atoms with Crippen molar-refractivity contribution < 1.29 is 18.0 Å². The minimum atomic E-state index is -1.07. The van der Waals surface area contributed by atoms with Gasteiger partial charge in [0.05, 0.1) is 17.6 Å². The van der Waals surface area contributed by atoms with Crippen LogP contribution in [-0.2, 0) is 5.41 Å². The van der Waals surface area contributed by atoms with Gasteiger partial charge in [-0.2, -0.15) is 5.10 Å². The maximum absolute atomic E-state index is 14.5. The lowest BCUT2D eigenvalue weighted by Gasteiger charge is -2.12. The SMILES string of the molecule is CC(C)(C)c1cnc(/C=C\c2cc(-c3ccc(F)c(NC(N)=O)c3F)n[nH]2)o1. The van der Waals surface area contributed by atoms with Gasteiger partial charge in [-0.05, 0) is 24.3 Å². The van der Waals surface area contributed by atoms with Crippen LogP contribution < -0.4 is 11.1 Å². The molecule has 0 atom stereocenters. The van der Waals surface area contributed by atoms with E-state index < -0.39 is 23.4 Å². The van der Waals surface area contributed by atoms with E-state index in [9.17, 15) is 13.6 Å². The molecule has 1 aromatic carbocycles. The average molecular weight is 387 g/mol. The Bertz CT molecular complexity index is 1050. The highest BCUT2D eigenvalue weighted by Crippen LogP contribution is 2.29. The summed E-state index contributed by atoms with van der Waals surface area (Å²) >= 11 is 0. The van der Waals surface area contributed by atoms with Crippen molar-refractivity contribution in [3.63, 3.8) is 0 Å². The number of benzene rings is 1. The van der Waals surface area contributed by atoms with Crippen LogP contribution in [0.4, 0.5) is 19.3 Å². The summed E-state index contributed by atoms with van der Waals surface area (Å²) in [5.41, 5.74) is 4.96. The van der Waals surface area contributed by atoms with E-state index in [2.05, 4.69) is 15.2 Å². The van der Waals surface area contributed by atoms with Crippen molar-refractivity contribution in [2.45, 2.75) is 26.2 Å². The lowest BCUT2D eigenvalue weighted by Crippen LogP contribution is -2.21.